The highest BCUT2D eigenvalue weighted by atomic mass is 16.1. The number of carbonyl (C=O) groups is 1. The zero-order chi connectivity index (χ0) is 14.1. The molecule has 0 heterocycles. The molecule has 0 bridgehead atoms. The number of amides is 1. The first-order valence-corrected chi connectivity index (χ1v) is 4.96. The summed E-state index contributed by atoms with van der Waals surface area (Å²) in [6.45, 7) is 4.94. The molecule has 96 valence electrons. The largest absolute Gasteiger partial charge is 0.368 e. The molecule has 5 N–H and O–H groups in total. The summed E-state index contributed by atoms with van der Waals surface area (Å²) in [5.41, 5.74) is 5.80. The van der Waals surface area contributed by atoms with Crippen LogP contribution in [0.4, 0.5) is 0 Å². The lowest BCUT2D eigenvalue weighted by Gasteiger charge is -1.99. The Kier molecular flexibility index (Phi) is 6.57. The van der Waals surface area contributed by atoms with Crippen molar-refractivity contribution in [2.24, 2.45) is 15.7 Å². The number of hydrogen-bond acceptors (Lipinski definition) is 4. The Hall–Kier alpha value is -2.57. The molecule has 0 saturated heterocycles. The topological polar surface area (TPSA) is 128 Å². The van der Waals surface area contributed by atoms with E-state index >= 15 is 0 Å². The van der Waals surface area contributed by atoms with E-state index in [0.717, 1.165) is 6.21 Å². The first kappa shape index (κ1) is 15.4. The second kappa shape index (κ2) is 7.66. The van der Waals surface area contributed by atoms with E-state index in [4.69, 9.17) is 16.6 Å². The van der Waals surface area contributed by atoms with E-state index in [2.05, 4.69) is 22.0 Å². The molecule has 7 nitrogen and oxygen atoms in total. The normalized spacial score (nSPS) is 12.3. The van der Waals surface area contributed by atoms with E-state index < -0.39 is 0 Å². The smallest absolute Gasteiger partial charge is 0.269 e. The van der Waals surface area contributed by atoms with Crippen LogP contribution in [0.2, 0.25) is 0 Å². The minimum absolute atomic E-state index is 0.0850. The molecular formula is C11H16N6O. The third kappa shape index (κ3) is 5.50. The van der Waals surface area contributed by atoms with E-state index in [1.165, 1.54) is 19.2 Å². The fourth-order valence-electron chi connectivity index (χ4n) is 0.858. The summed E-state index contributed by atoms with van der Waals surface area (Å²) in [5, 5.41) is 16.9. The van der Waals surface area contributed by atoms with Crippen LogP contribution in [0.15, 0.2) is 33.4 Å². The summed E-state index contributed by atoms with van der Waals surface area (Å²) in [4.78, 5) is 18.3. The third-order valence-corrected chi connectivity index (χ3v) is 1.88. The van der Waals surface area contributed by atoms with Crippen LogP contribution >= 0.6 is 0 Å². The van der Waals surface area contributed by atoms with Crippen LogP contribution in [0, 0.1) is 10.8 Å². The lowest BCUT2D eigenvalue weighted by Crippen LogP contribution is -2.18. The van der Waals surface area contributed by atoms with Gasteiger partial charge in [-0.15, -0.1) is 0 Å². The Morgan fingerprint density at radius 2 is 2.00 bits per heavy atom. The second-order valence-electron chi connectivity index (χ2n) is 3.20. The molecule has 0 unspecified atom stereocenters. The summed E-state index contributed by atoms with van der Waals surface area (Å²) in [5.74, 6) is -0.736. The molecule has 7 heteroatoms. The summed E-state index contributed by atoms with van der Waals surface area (Å²) in [6, 6.07) is 0. The van der Waals surface area contributed by atoms with Gasteiger partial charge in [0.05, 0.1) is 11.9 Å². The maximum atomic E-state index is 11.3. The molecule has 0 aliphatic carbocycles. The summed E-state index contributed by atoms with van der Waals surface area (Å²) < 4.78 is 0. The summed E-state index contributed by atoms with van der Waals surface area (Å²) in [7, 11) is 1.49. The average Bonchev–Trinajstić information content (AvgIpc) is 2.35. The fourth-order valence-corrected chi connectivity index (χ4v) is 0.858. The minimum Gasteiger partial charge on any atom is -0.368 e. The number of nitrogens with two attached hydrogens (primary N) is 1. The van der Waals surface area contributed by atoms with Crippen LogP contribution in [-0.4, -0.2) is 37.6 Å². The number of hydrogen-bond donors (Lipinski definition) is 4. The molecule has 0 atom stereocenters. The van der Waals surface area contributed by atoms with Gasteiger partial charge in [-0.2, -0.15) is 0 Å². The lowest BCUT2D eigenvalue weighted by atomic mass is 10.1. The SMILES string of the molecule is C=N/C(=C\C=C(/C)C(=N)C=NC(=N)N)C(=O)NC. The van der Waals surface area contributed by atoms with Crippen molar-refractivity contribution >= 4 is 30.5 Å². The van der Waals surface area contributed by atoms with Crippen molar-refractivity contribution in [1.82, 2.24) is 5.32 Å². The molecular weight excluding hydrogens is 232 g/mol. The Balaban J connectivity index is 4.92. The van der Waals surface area contributed by atoms with Gasteiger partial charge >= 0.3 is 0 Å². The van der Waals surface area contributed by atoms with Gasteiger partial charge in [0.15, 0.2) is 0 Å². The van der Waals surface area contributed by atoms with Gasteiger partial charge in [0.1, 0.15) is 5.70 Å². The highest BCUT2D eigenvalue weighted by molar-refractivity contribution is 6.37. The molecule has 0 saturated carbocycles. The first-order chi connectivity index (χ1) is 8.42. The second-order valence-corrected chi connectivity index (χ2v) is 3.20. The number of nitrogens with one attached hydrogen (secondary N) is 3. The van der Waals surface area contributed by atoms with Crippen molar-refractivity contribution in [1.29, 1.82) is 10.8 Å². The third-order valence-electron chi connectivity index (χ3n) is 1.88. The minimum atomic E-state index is -0.373. The van der Waals surface area contributed by atoms with Crippen LogP contribution in [0.25, 0.3) is 0 Å². The van der Waals surface area contributed by atoms with E-state index in [0.29, 0.717) is 5.57 Å². The van der Waals surface area contributed by atoms with E-state index in [1.807, 2.05) is 0 Å². The van der Waals surface area contributed by atoms with Gasteiger partial charge in [-0.25, -0.2) is 4.99 Å². The standard InChI is InChI=1S/C11H16N6O/c1-7(8(12)6-17-11(13)14)4-5-9(15-2)10(18)16-3/h4-6,12H,2H2,1,3H3,(H3,13,14)(H,16,18)/b7-4+,9-5-,12-8?,17-6?. The van der Waals surface area contributed by atoms with Gasteiger partial charge in [-0.3, -0.25) is 20.6 Å². The Bertz CT molecular complexity index is 458. The van der Waals surface area contributed by atoms with E-state index in [9.17, 15) is 4.79 Å². The van der Waals surface area contributed by atoms with Gasteiger partial charge in [0.2, 0.25) is 5.96 Å². The predicted octanol–water partition coefficient (Wildman–Crippen LogP) is 0.247. The highest BCUT2D eigenvalue weighted by Crippen LogP contribution is 2.00. The van der Waals surface area contributed by atoms with Crippen LogP contribution in [-0.2, 0) is 4.79 Å². The number of likely N-dealkylation sites (N-methyl/N-ethyl adjacent to an activating group) is 1. The maximum absolute atomic E-state index is 11.3. The molecule has 18 heavy (non-hydrogen) atoms. The maximum Gasteiger partial charge on any atom is 0.269 e. The average molecular weight is 248 g/mol. The monoisotopic (exact) mass is 248 g/mol. The summed E-state index contributed by atoms with van der Waals surface area (Å²) in [6.07, 6.45) is 4.13. The van der Waals surface area contributed by atoms with Crippen molar-refractivity contribution in [3.8, 4) is 0 Å². The van der Waals surface area contributed by atoms with Gasteiger partial charge in [0.25, 0.3) is 5.91 Å². The van der Waals surface area contributed by atoms with Crippen molar-refractivity contribution in [3.05, 3.63) is 23.4 Å². The zero-order valence-electron chi connectivity index (χ0n) is 10.3. The molecule has 0 radical (unpaired) electrons. The van der Waals surface area contributed by atoms with Crippen molar-refractivity contribution in [2.45, 2.75) is 6.92 Å². The molecule has 0 aliphatic heterocycles. The van der Waals surface area contributed by atoms with Crippen LogP contribution in [0.3, 0.4) is 0 Å². The Labute approximate surface area is 105 Å². The number of aliphatic imine (C=N–C) groups is 2. The number of rotatable bonds is 5. The van der Waals surface area contributed by atoms with Crippen molar-refractivity contribution in [2.75, 3.05) is 7.05 Å². The van der Waals surface area contributed by atoms with Crippen molar-refractivity contribution < 1.29 is 4.79 Å². The summed E-state index contributed by atoms with van der Waals surface area (Å²) >= 11 is 0. The van der Waals surface area contributed by atoms with E-state index in [1.54, 1.807) is 6.92 Å². The predicted molar refractivity (Wildman–Crippen MR) is 73.6 cm³/mol. The van der Waals surface area contributed by atoms with Crippen molar-refractivity contribution in [3.63, 3.8) is 0 Å². The number of guanidine groups is 1. The number of carbonyl (C=O) groups excluding carboxylic acids is 1. The van der Waals surface area contributed by atoms with Crippen LogP contribution in [0.5, 0.6) is 0 Å². The molecule has 0 rings (SSSR count). The molecule has 0 aromatic carbocycles. The van der Waals surface area contributed by atoms with E-state index in [-0.39, 0.29) is 23.3 Å². The number of allylic oxidation sites excluding steroid dienone is 3. The van der Waals surface area contributed by atoms with Gasteiger partial charge in [-0.1, -0.05) is 6.08 Å². The van der Waals surface area contributed by atoms with Gasteiger partial charge < -0.3 is 11.1 Å². The Morgan fingerprint density at radius 3 is 2.44 bits per heavy atom. The Morgan fingerprint density at radius 1 is 1.39 bits per heavy atom. The fraction of sp³-hybridized carbons (Fsp3) is 0.182. The zero-order valence-corrected chi connectivity index (χ0v) is 10.3. The van der Waals surface area contributed by atoms with Gasteiger partial charge in [-0.05, 0) is 25.3 Å². The molecule has 0 fully saturated rings. The van der Waals surface area contributed by atoms with Crippen LogP contribution in [0.1, 0.15) is 6.92 Å². The lowest BCUT2D eigenvalue weighted by molar-refractivity contribution is -0.117. The molecule has 0 spiro atoms. The molecule has 0 aliphatic rings. The molecule has 0 aromatic heterocycles. The molecule has 0 aromatic rings. The highest BCUT2D eigenvalue weighted by Gasteiger charge is 2.03. The van der Waals surface area contributed by atoms with Crippen LogP contribution < -0.4 is 11.1 Å². The number of nitrogens with zero attached hydrogens (tertiary/aromatic N) is 2. The first-order valence-electron chi connectivity index (χ1n) is 4.96. The quantitative estimate of drug-likeness (QED) is 0.241. The molecule has 1 amide bonds. The van der Waals surface area contributed by atoms with Gasteiger partial charge in [0, 0.05) is 7.05 Å².